The molecule has 19 heavy (non-hydrogen) atoms. The van der Waals surface area contributed by atoms with Crippen LogP contribution in [0.3, 0.4) is 0 Å². The number of aromatic nitrogens is 6. The van der Waals surface area contributed by atoms with E-state index in [1.165, 1.54) is 11.1 Å². The van der Waals surface area contributed by atoms with Crippen molar-refractivity contribution in [1.29, 1.82) is 0 Å². The maximum atomic E-state index is 5.27. The van der Waals surface area contributed by atoms with E-state index < -0.39 is 0 Å². The third kappa shape index (κ3) is 2.45. The highest BCUT2D eigenvalue weighted by atomic mass is 32.1. The van der Waals surface area contributed by atoms with Gasteiger partial charge in [0.1, 0.15) is 4.64 Å². The number of hydrogen-bond donors (Lipinski definition) is 2. The SMILES string of the molecule is Cc1cccc(Cc2cc(=S)n(-c3nn[nH]n3)[nH]2)c1. The molecule has 96 valence electrons. The van der Waals surface area contributed by atoms with Crippen molar-refractivity contribution in [3.8, 4) is 5.95 Å². The Bertz CT molecular complexity index is 740. The quantitative estimate of drug-likeness (QED) is 0.715. The third-order valence-electron chi connectivity index (χ3n) is 2.78. The fourth-order valence-corrected chi connectivity index (χ4v) is 2.25. The lowest BCUT2D eigenvalue weighted by Gasteiger charge is -2.00. The molecule has 0 spiro atoms. The summed E-state index contributed by atoms with van der Waals surface area (Å²) < 4.78 is 2.26. The molecule has 3 rings (SSSR count). The van der Waals surface area contributed by atoms with Gasteiger partial charge in [-0.3, -0.25) is 5.10 Å². The number of tetrazole rings is 1. The van der Waals surface area contributed by atoms with Crippen LogP contribution in [0.1, 0.15) is 16.8 Å². The van der Waals surface area contributed by atoms with Gasteiger partial charge in [-0.05, 0) is 23.8 Å². The van der Waals surface area contributed by atoms with E-state index in [0.717, 1.165) is 12.1 Å². The third-order valence-corrected chi connectivity index (χ3v) is 3.09. The van der Waals surface area contributed by atoms with Gasteiger partial charge in [0, 0.05) is 12.1 Å². The van der Waals surface area contributed by atoms with E-state index in [-0.39, 0.29) is 0 Å². The molecule has 0 bridgehead atoms. The lowest BCUT2D eigenvalue weighted by Crippen LogP contribution is -2.00. The summed E-state index contributed by atoms with van der Waals surface area (Å²) in [5, 5.41) is 16.9. The number of aryl methyl sites for hydroxylation is 1. The number of rotatable bonds is 3. The van der Waals surface area contributed by atoms with Crippen LogP contribution in [0.25, 0.3) is 5.95 Å². The molecule has 0 saturated carbocycles. The van der Waals surface area contributed by atoms with Crippen LogP contribution in [0.2, 0.25) is 0 Å². The van der Waals surface area contributed by atoms with Crippen molar-refractivity contribution in [1.82, 2.24) is 30.4 Å². The summed E-state index contributed by atoms with van der Waals surface area (Å²) in [6.45, 7) is 2.08. The van der Waals surface area contributed by atoms with E-state index in [2.05, 4.69) is 56.9 Å². The smallest absolute Gasteiger partial charge is 0.289 e. The van der Waals surface area contributed by atoms with Crippen molar-refractivity contribution in [3.63, 3.8) is 0 Å². The summed E-state index contributed by atoms with van der Waals surface area (Å²) in [5.41, 5.74) is 3.49. The summed E-state index contributed by atoms with van der Waals surface area (Å²) in [5.74, 6) is 0.417. The Balaban J connectivity index is 1.91. The van der Waals surface area contributed by atoms with Gasteiger partial charge < -0.3 is 0 Å². The standard InChI is InChI=1S/C12H12N6S/c1-8-3-2-4-9(5-8)6-10-7-11(19)18(15-10)12-13-16-17-14-12/h2-5,7,15H,6H2,1H3,(H,13,14,16,17). The minimum absolute atomic E-state index is 0.417. The molecule has 0 unspecified atom stereocenters. The number of nitrogens with zero attached hydrogens (tertiary/aromatic N) is 4. The monoisotopic (exact) mass is 272 g/mol. The Morgan fingerprint density at radius 2 is 2.21 bits per heavy atom. The van der Waals surface area contributed by atoms with Crippen molar-refractivity contribution in [3.05, 3.63) is 51.8 Å². The second kappa shape index (κ2) is 4.77. The summed E-state index contributed by atoms with van der Waals surface area (Å²) in [7, 11) is 0. The molecule has 0 saturated heterocycles. The zero-order valence-electron chi connectivity index (χ0n) is 10.3. The second-order valence-electron chi connectivity index (χ2n) is 4.33. The molecule has 0 atom stereocenters. The molecule has 0 fully saturated rings. The van der Waals surface area contributed by atoms with Crippen LogP contribution in [0, 0.1) is 11.6 Å². The molecule has 3 aromatic rings. The number of H-pyrrole nitrogens is 2. The van der Waals surface area contributed by atoms with E-state index in [9.17, 15) is 0 Å². The van der Waals surface area contributed by atoms with Crippen LogP contribution in [-0.4, -0.2) is 30.4 Å². The first-order valence-electron chi connectivity index (χ1n) is 5.83. The van der Waals surface area contributed by atoms with E-state index in [1.54, 1.807) is 4.68 Å². The summed E-state index contributed by atoms with van der Waals surface area (Å²) in [4.78, 5) is 0. The van der Waals surface area contributed by atoms with Gasteiger partial charge >= 0.3 is 0 Å². The predicted octanol–water partition coefficient (Wildman–Crippen LogP) is 1.95. The van der Waals surface area contributed by atoms with Crippen LogP contribution in [0.5, 0.6) is 0 Å². The molecule has 7 heteroatoms. The van der Waals surface area contributed by atoms with Crippen molar-refractivity contribution < 1.29 is 0 Å². The Kier molecular flexibility index (Phi) is 2.96. The van der Waals surface area contributed by atoms with Gasteiger partial charge in [0.2, 0.25) is 0 Å². The summed E-state index contributed by atoms with van der Waals surface area (Å²) in [6, 6.07) is 10.3. The minimum Gasteiger partial charge on any atom is -0.294 e. The maximum Gasteiger partial charge on any atom is 0.289 e. The largest absolute Gasteiger partial charge is 0.294 e. The molecule has 0 aliphatic heterocycles. The molecule has 0 aliphatic rings. The first-order valence-corrected chi connectivity index (χ1v) is 6.23. The van der Waals surface area contributed by atoms with E-state index in [0.29, 0.717) is 10.6 Å². The lowest BCUT2D eigenvalue weighted by atomic mass is 10.1. The van der Waals surface area contributed by atoms with E-state index in [1.807, 2.05) is 6.07 Å². The highest BCUT2D eigenvalue weighted by Crippen LogP contribution is 2.11. The van der Waals surface area contributed by atoms with Gasteiger partial charge in [-0.25, -0.2) is 4.68 Å². The van der Waals surface area contributed by atoms with Gasteiger partial charge in [-0.15, -0.1) is 5.10 Å². The molecule has 0 radical (unpaired) electrons. The number of hydrogen-bond acceptors (Lipinski definition) is 4. The Labute approximate surface area is 114 Å². The van der Waals surface area contributed by atoms with Gasteiger partial charge in [0.15, 0.2) is 0 Å². The highest BCUT2D eigenvalue weighted by Gasteiger charge is 2.06. The Morgan fingerprint density at radius 1 is 1.32 bits per heavy atom. The fourth-order valence-electron chi connectivity index (χ4n) is 1.98. The van der Waals surface area contributed by atoms with Crippen LogP contribution < -0.4 is 0 Å². The molecular weight excluding hydrogens is 260 g/mol. The van der Waals surface area contributed by atoms with Crippen LogP contribution >= 0.6 is 12.2 Å². The first kappa shape index (κ1) is 11.8. The lowest BCUT2D eigenvalue weighted by molar-refractivity contribution is 0.784. The molecule has 1 aromatic carbocycles. The van der Waals surface area contributed by atoms with Gasteiger partial charge in [0.05, 0.1) is 0 Å². The molecule has 2 aromatic heterocycles. The Hall–Kier alpha value is -2.28. The van der Waals surface area contributed by atoms with E-state index in [4.69, 9.17) is 12.2 Å². The zero-order chi connectivity index (χ0) is 13.2. The van der Waals surface area contributed by atoms with Gasteiger partial charge in [0.25, 0.3) is 5.95 Å². The van der Waals surface area contributed by atoms with E-state index >= 15 is 0 Å². The number of benzene rings is 1. The van der Waals surface area contributed by atoms with Crippen LogP contribution in [-0.2, 0) is 6.42 Å². The fraction of sp³-hybridized carbons (Fsp3) is 0.167. The van der Waals surface area contributed by atoms with Crippen molar-refractivity contribution in [2.45, 2.75) is 13.3 Å². The van der Waals surface area contributed by atoms with Crippen molar-refractivity contribution in [2.24, 2.45) is 0 Å². The second-order valence-corrected chi connectivity index (χ2v) is 4.75. The Morgan fingerprint density at radius 3 is 2.95 bits per heavy atom. The average Bonchev–Trinajstić information content (AvgIpc) is 2.98. The molecular formula is C12H12N6S. The van der Waals surface area contributed by atoms with Gasteiger partial charge in [-0.2, -0.15) is 5.21 Å². The zero-order valence-corrected chi connectivity index (χ0v) is 11.1. The highest BCUT2D eigenvalue weighted by molar-refractivity contribution is 7.71. The maximum absolute atomic E-state index is 5.27. The van der Waals surface area contributed by atoms with Crippen molar-refractivity contribution >= 4 is 12.2 Å². The predicted molar refractivity (Wildman–Crippen MR) is 72.7 cm³/mol. The summed E-state index contributed by atoms with van der Waals surface area (Å²) in [6.07, 6.45) is 0.788. The average molecular weight is 272 g/mol. The minimum atomic E-state index is 0.417. The molecule has 6 nitrogen and oxygen atoms in total. The topological polar surface area (TPSA) is 75.2 Å². The number of nitrogens with one attached hydrogen (secondary N) is 2. The van der Waals surface area contributed by atoms with Crippen LogP contribution in [0.15, 0.2) is 30.3 Å². The molecule has 2 N–H and O–H groups in total. The normalized spacial score (nSPS) is 10.8. The first-order chi connectivity index (χ1) is 9.22. The number of aromatic amines is 2. The molecule has 0 amide bonds. The van der Waals surface area contributed by atoms with Crippen LogP contribution in [0.4, 0.5) is 0 Å². The molecule has 2 heterocycles. The molecule has 0 aliphatic carbocycles. The van der Waals surface area contributed by atoms with Crippen molar-refractivity contribution in [2.75, 3.05) is 0 Å². The summed E-state index contributed by atoms with van der Waals surface area (Å²) >= 11 is 5.27. The van der Waals surface area contributed by atoms with Gasteiger partial charge in [-0.1, -0.05) is 47.1 Å².